The van der Waals surface area contributed by atoms with E-state index in [0.717, 1.165) is 19.0 Å². The molecule has 2 aromatic rings. The van der Waals surface area contributed by atoms with E-state index in [0.29, 0.717) is 28.6 Å². The first kappa shape index (κ1) is 19.3. The fourth-order valence-electron chi connectivity index (χ4n) is 5.57. The third kappa shape index (κ3) is 2.64. The van der Waals surface area contributed by atoms with E-state index in [-0.39, 0.29) is 18.9 Å². The van der Waals surface area contributed by atoms with Gasteiger partial charge in [-0.1, -0.05) is 11.9 Å². The number of benzene rings is 1. The van der Waals surface area contributed by atoms with Crippen LogP contribution in [-0.2, 0) is 18.5 Å². The molecular weight excluding hydrogens is 417 g/mol. The van der Waals surface area contributed by atoms with Crippen LogP contribution in [0.25, 0.3) is 10.9 Å². The molecular formula is C21H19BN3O5S. The standard InChI is InChI=1S/C21H19BN3O5S/c1-20-14(26)9-21(30-20,6-8-29-31-22)16-15(20)18(27)25(19(16)28)13-5-4-11(10-23)17-12(13)3-2-7-24-17/h2-5,7,14-16,22,26H,6,8-9H2,1H3/t14-,15-,16+,20?,21?/m0/s1/i22T. The van der Waals surface area contributed by atoms with Crippen LogP contribution in [-0.4, -0.2) is 54.2 Å². The van der Waals surface area contributed by atoms with Crippen LogP contribution in [0.3, 0.4) is 0 Å². The molecule has 2 bridgehead atoms. The molecule has 0 aliphatic carbocycles. The van der Waals surface area contributed by atoms with Crippen molar-refractivity contribution < 1.29 is 23.6 Å². The third-order valence-electron chi connectivity index (χ3n) is 6.90. The number of aliphatic hydroxyl groups is 1. The van der Waals surface area contributed by atoms with E-state index >= 15 is 0 Å². The molecule has 2 amide bonds. The van der Waals surface area contributed by atoms with Crippen LogP contribution in [0, 0.1) is 23.2 Å². The summed E-state index contributed by atoms with van der Waals surface area (Å²) < 4.78 is 18.6. The van der Waals surface area contributed by atoms with Gasteiger partial charge in [-0.25, -0.2) is 4.90 Å². The van der Waals surface area contributed by atoms with Crippen molar-refractivity contribution in [3.8, 4) is 6.07 Å². The van der Waals surface area contributed by atoms with Crippen molar-refractivity contribution in [1.82, 2.24) is 4.98 Å². The molecule has 4 heterocycles. The highest BCUT2D eigenvalue weighted by atomic mass is 32.2. The van der Waals surface area contributed by atoms with Crippen LogP contribution in [0.5, 0.6) is 0 Å². The minimum Gasteiger partial charge on any atom is -0.390 e. The molecule has 8 nitrogen and oxygen atoms in total. The number of carbonyl (C=O) groups excluding carboxylic acids is 2. The summed E-state index contributed by atoms with van der Waals surface area (Å²) in [6, 6.07) is 8.66. The molecule has 1 N–H and O–H groups in total. The molecule has 157 valence electrons. The number of rotatable bonds is 6. The van der Waals surface area contributed by atoms with E-state index in [1.807, 2.05) is 0 Å². The number of fused-ring (bicyclic) bond motifs is 6. The molecule has 1 aromatic carbocycles. The number of anilines is 1. The second-order valence-corrected chi connectivity index (χ2v) is 8.78. The number of ether oxygens (including phenoxy) is 1. The smallest absolute Gasteiger partial charge is 0.240 e. The average molecular weight is 438 g/mol. The van der Waals surface area contributed by atoms with E-state index in [1.54, 1.807) is 37.4 Å². The van der Waals surface area contributed by atoms with Crippen LogP contribution in [0.2, 0.25) is 0 Å². The second-order valence-electron chi connectivity index (χ2n) is 8.35. The highest BCUT2D eigenvalue weighted by Gasteiger charge is 2.77. The van der Waals surface area contributed by atoms with Crippen molar-refractivity contribution in [2.24, 2.45) is 11.8 Å². The van der Waals surface area contributed by atoms with Crippen molar-refractivity contribution in [3.63, 3.8) is 0 Å². The fraction of sp³-hybridized carbons (Fsp3) is 0.429. The summed E-state index contributed by atoms with van der Waals surface area (Å²) in [6.45, 7) is 1.89. The van der Waals surface area contributed by atoms with Gasteiger partial charge in [0.05, 0.1) is 46.9 Å². The lowest BCUT2D eigenvalue weighted by atomic mass is 9.66. The van der Waals surface area contributed by atoms with Crippen LogP contribution >= 0.6 is 11.9 Å². The molecule has 3 aliphatic rings. The lowest BCUT2D eigenvalue weighted by Crippen LogP contribution is -2.49. The van der Waals surface area contributed by atoms with Crippen LogP contribution in [0.1, 0.15) is 25.3 Å². The van der Waals surface area contributed by atoms with Gasteiger partial charge in [0, 0.05) is 24.4 Å². The number of amides is 2. The van der Waals surface area contributed by atoms with Crippen LogP contribution < -0.4 is 4.90 Å². The molecule has 3 aliphatic heterocycles. The Morgan fingerprint density at radius 1 is 1.45 bits per heavy atom. The molecule has 3 fully saturated rings. The van der Waals surface area contributed by atoms with Crippen molar-refractivity contribution in [3.05, 3.63) is 36.0 Å². The lowest BCUT2D eigenvalue weighted by molar-refractivity contribution is -0.133. The van der Waals surface area contributed by atoms with Gasteiger partial charge in [-0.3, -0.25) is 14.6 Å². The molecule has 1 radical (unpaired) electrons. The summed E-state index contributed by atoms with van der Waals surface area (Å²) in [5.41, 5.74) is -1.06. The SMILES string of the molecule is [3H][B]SOCCC12C[C@H](O)C(C)(O1)[C@@H]1C(=O)N(c3ccc(C#N)c4ncccc34)C(=O)[C@@H]12. The first-order valence-corrected chi connectivity index (χ1v) is 10.7. The number of imide groups is 1. The van der Waals surface area contributed by atoms with Gasteiger partial charge >= 0.3 is 0 Å². The van der Waals surface area contributed by atoms with Gasteiger partial charge in [0.25, 0.3) is 0 Å². The molecule has 0 saturated carbocycles. The number of carbonyl (C=O) groups is 2. The molecule has 5 atom stereocenters. The van der Waals surface area contributed by atoms with E-state index < -0.39 is 35.0 Å². The Morgan fingerprint density at radius 2 is 2.26 bits per heavy atom. The fourth-order valence-corrected chi connectivity index (χ4v) is 5.75. The summed E-state index contributed by atoms with van der Waals surface area (Å²) in [5.74, 6) is -2.38. The van der Waals surface area contributed by atoms with E-state index in [9.17, 15) is 20.0 Å². The van der Waals surface area contributed by atoms with Crippen molar-refractivity contribution in [1.29, 1.82) is 6.60 Å². The zero-order valence-electron chi connectivity index (χ0n) is 17.6. The van der Waals surface area contributed by atoms with E-state index in [1.165, 1.54) is 4.90 Å². The van der Waals surface area contributed by atoms with E-state index in [4.69, 9.17) is 10.3 Å². The first-order valence-electron chi connectivity index (χ1n) is 10.5. The molecule has 10 heteroatoms. The second kappa shape index (κ2) is 7.03. The topological polar surface area (TPSA) is 113 Å². The predicted molar refractivity (Wildman–Crippen MR) is 114 cm³/mol. The minimum absolute atomic E-state index is 0.206. The Hall–Kier alpha value is -2.45. The summed E-state index contributed by atoms with van der Waals surface area (Å²) in [7, 11) is 1.06. The predicted octanol–water partition coefficient (Wildman–Crippen LogP) is 1.38. The average Bonchev–Trinajstić information content (AvgIpc) is 3.32. The lowest BCUT2D eigenvalue weighted by Gasteiger charge is -2.33. The maximum absolute atomic E-state index is 13.7. The van der Waals surface area contributed by atoms with Crippen molar-refractivity contribution in [2.75, 3.05) is 11.5 Å². The monoisotopic (exact) mass is 438 g/mol. The Kier molecular flexibility index (Phi) is 4.37. The number of aliphatic hydroxyl groups excluding tert-OH is 1. The van der Waals surface area contributed by atoms with Gasteiger partial charge < -0.3 is 14.0 Å². The number of hydrogen-bond acceptors (Lipinski definition) is 8. The first-order chi connectivity index (χ1) is 15.4. The van der Waals surface area contributed by atoms with Gasteiger partial charge in [-0.15, -0.1) is 0 Å². The molecule has 31 heavy (non-hydrogen) atoms. The quantitative estimate of drug-likeness (QED) is 0.312. The molecule has 5 rings (SSSR count). The number of hydrogen-bond donors (Lipinski definition) is 1. The van der Waals surface area contributed by atoms with Gasteiger partial charge in [0.15, 0.2) is 0 Å². The molecule has 2 unspecified atom stereocenters. The van der Waals surface area contributed by atoms with Gasteiger partial charge in [-0.2, -0.15) is 5.26 Å². The number of nitriles is 1. The van der Waals surface area contributed by atoms with Gasteiger partial charge in [-0.05, 0) is 32.5 Å². The zero-order chi connectivity index (χ0) is 22.7. The zero-order valence-corrected chi connectivity index (χ0v) is 17.5. The van der Waals surface area contributed by atoms with Crippen molar-refractivity contribution in [2.45, 2.75) is 37.1 Å². The summed E-state index contributed by atoms with van der Waals surface area (Å²) in [4.78, 5) is 32.8. The Bertz CT molecular complexity index is 1180. The maximum atomic E-state index is 13.7. The maximum Gasteiger partial charge on any atom is 0.240 e. The van der Waals surface area contributed by atoms with Crippen molar-refractivity contribution >= 4 is 47.4 Å². The highest BCUT2D eigenvalue weighted by molar-refractivity contribution is 8.15. The Morgan fingerprint density at radius 3 is 3.03 bits per heavy atom. The number of nitrogens with zero attached hydrogens (tertiary/aromatic N) is 3. The minimum atomic E-state index is -1.18. The summed E-state index contributed by atoms with van der Waals surface area (Å²) in [6.07, 6.45) is 1.20. The number of aromatic nitrogens is 1. The number of pyridine rings is 1. The third-order valence-corrected chi connectivity index (χ3v) is 7.20. The largest absolute Gasteiger partial charge is 0.390 e. The normalized spacial score (nSPS) is 34.2. The van der Waals surface area contributed by atoms with Crippen LogP contribution in [0.4, 0.5) is 5.69 Å². The van der Waals surface area contributed by atoms with E-state index in [2.05, 4.69) is 11.1 Å². The molecule has 3 saturated heterocycles. The van der Waals surface area contributed by atoms with Gasteiger partial charge in [0.2, 0.25) is 18.9 Å². The summed E-state index contributed by atoms with van der Waals surface area (Å²) in [5, 5.41) is 20.7. The highest BCUT2D eigenvalue weighted by Crippen LogP contribution is 2.62. The summed E-state index contributed by atoms with van der Waals surface area (Å²) >= 11 is 0.871. The molecule has 0 spiro atoms. The van der Waals surface area contributed by atoms with Crippen LogP contribution in [0.15, 0.2) is 30.5 Å². The Labute approximate surface area is 185 Å². The molecule has 1 aromatic heterocycles. The van der Waals surface area contributed by atoms with Gasteiger partial charge in [0.1, 0.15) is 11.7 Å². The Balaban J connectivity index is 1.57.